The average molecular weight is 152 g/mol. The molecule has 0 aliphatic heterocycles. The van der Waals surface area contributed by atoms with Gasteiger partial charge < -0.3 is 0 Å². The first-order valence-electron chi connectivity index (χ1n) is 4.90. The Kier molecular flexibility index (Phi) is 1.97. The summed E-state index contributed by atoms with van der Waals surface area (Å²) in [5, 5.41) is 0. The molecule has 0 N–H and O–H groups in total. The molecular formula is C10H16O. The van der Waals surface area contributed by atoms with Crippen LogP contribution < -0.4 is 0 Å². The largest absolute Gasteiger partial charge is 0.299 e. The highest BCUT2D eigenvalue weighted by molar-refractivity contribution is 5.81. The molecule has 0 aromatic rings. The molecular weight excluding hydrogens is 136 g/mol. The maximum Gasteiger partial charge on any atom is 0.136 e. The summed E-state index contributed by atoms with van der Waals surface area (Å²) in [5.41, 5.74) is 0. The molecule has 0 radical (unpaired) electrons. The van der Waals surface area contributed by atoms with E-state index in [0.717, 1.165) is 18.8 Å². The molecule has 0 aromatic heterocycles. The van der Waals surface area contributed by atoms with E-state index in [1.165, 1.54) is 32.1 Å². The molecule has 2 saturated carbocycles. The summed E-state index contributed by atoms with van der Waals surface area (Å²) < 4.78 is 0. The normalized spacial score (nSPS) is 33.5. The van der Waals surface area contributed by atoms with Crippen molar-refractivity contribution in [2.24, 2.45) is 11.8 Å². The minimum Gasteiger partial charge on any atom is -0.299 e. The Bertz CT molecular complexity index is 158. The third-order valence-corrected chi connectivity index (χ3v) is 3.04. The van der Waals surface area contributed by atoms with Gasteiger partial charge in [0.15, 0.2) is 0 Å². The van der Waals surface area contributed by atoms with Gasteiger partial charge in [-0.25, -0.2) is 0 Å². The van der Waals surface area contributed by atoms with Crippen LogP contribution in [0, 0.1) is 11.8 Å². The van der Waals surface area contributed by atoms with E-state index in [9.17, 15) is 4.79 Å². The molecule has 0 bridgehead atoms. The van der Waals surface area contributed by atoms with Gasteiger partial charge in [-0.2, -0.15) is 0 Å². The standard InChI is InChI=1S/C10H16O/c11-10-5-3-1-2-4-9(10)8-6-7-8/h8-9H,1-7H2. The van der Waals surface area contributed by atoms with Crippen LogP contribution in [0.3, 0.4) is 0 Å². The van der Waals surface area contributed by atoms with Crippen molar-refractivity contribution in [2.45, 2.75) is 44.9 Å². The van der Waals surface area contributed by atoms with Crippen LogP contribution in [0.15, 0.2) is 0 Å². The van der Waals surface area contributed by atoms with Crippen LogP contribution in [-0.4, -0.2) is 5.78 Å². The number of ketones is 1. The van der Waals surface area contributed by atoms with Crippen molar-refractivity contribution in [3.8, 4) is 0 Å². The van der Waals surface area contributed by atoms with Crippen LogP contribution in [0.2, 0.25) is 0 Å². The van der Waals surface area contributed by atoms with Gasteiger partial charge in [0.25, 0.3) is 0 Å². The van der Waals surface area contributed by atoms with Crippen molar-refractivity contribution < 1.29 is 4.79 Å². The van der Waals surface area contributed by atoms with E-state index in [-0.39, 0.29) is 0 Å². The number of hydrogen-bond donors (Lipinski definition) is 0. The molecule has 0 aromatic carbocycles. The Morgan fingerprint density at radius 2 is 1.82 bits per heavy atom. The SMILES string of the molecule is O=C1CCCCCC1C1CC1. The molecule has 62 valence electrons. The molecule has 1 nitrogen and oxygen atoms in total. The fourth-order valence-electron chi connectivity index (χ4n) is 2.18. The summed E-state index contributed by atoms with van der Waals surface area (Å²) in [6.07, 6.45) is 8.47. The van der Waals surface area contributed by atoms with E-state index >= 15 is 0 Å². The summed E-state index contributed by atoms with van der Waals surface area (Å²) in [6.45, 7) is 0. The lowest BCUT2D eigenvalue weighted by molar-refractivity contribution is -0.123. The van der Waals surface area contributed by atoms with E-state index < -0.39 is 0 Å². The number of rotatable bonds is 1. The lowest BCUT2D eigenvalue weighted by atomic mass is 9.94. The van der Waals surface area contributed by atoms with E-state index in [1.807, 2.05) is 0 Å². The van der Waals surface area contributed by atoms with E-state index in [1.54, 1.807) is 0 Å². The van der Waals surface area contributed by atoms with Gasteiger partial charge in [-0.3, -0.25) is 4.79 Å². The smallest absolute Gasteiger partial charge is 0.136 e. The first kappa shape index (κ1) is 7.33. The zero-order valence-corrected chi connectivity index (χ0v) is 7.01. The lowest BCUT2D eigenvalue weighted by Gasteiger charge is -2.09. The van der Waals surface area contributed by atoms with Crippen molar-refractivity contribution in [3.63, 3.8) is 0 Å². The first-order chi connectivity index (χ1) is 5.38. The van der Waals surface area contributed by atoms with Crippen molar-refractivity contribution in [1.82, 2.24) is 0 Å². The lowest BCUT2D eigenvalue weighted by Crippen LogP contribution is -2.14. The molecule has 11 heavy (non-hydrogen) atoms. The van der Waals surface area contributed by atoms with E-state index in [0.29, 0.717) is 11.7 Å². The van der Waals surface area contributed by atoms with Crippen LogP contribution in [0.1, 0.15) is 44.9 Å². The quantitative estimate of drug-likeness (QED) is 0.528. The van der Waals surface area contributed by atoms with Crippen molar-refractivity contribution in [3.05, 3.63) is 0 Å². The fraction of sp³-hybridized carbons (Fsp3) is 0.900. The van der Waals surface area contributed by atoms with Gasteiger partial charge in [-0.15, -0.1) is 0 Å². The molecule has 1 heteroatoms. The maximum absolute atomic E-state index is 11.5. The zero-order valence-electron chi connectivity index (χ0n) is 7.01. The Balaban J connectivity index is 1.97. The highest BCUT2D eigenvalue weighted by Gasteiger charge is 2.35. The van der Waals surface area contributed by atoms with Gasteiger partial charge in [0.1, 0.15) is 5.78 Å². The highest BCUT2D eigenvalue weighted by Crippen LogP contribution is 2.41. The monoisotopic (exact) mass is 152 g/mol. The summed E-state index contributed by atoms with van der Waals surface area (Å²) in [4.78, 5) is 11.5. The van der Waals surface area contributed by atoms with Gasteiger partial charge >= 0.3 is 0 Å². The molecule has 0 heterocycles. The van der Waals surface area contributed by atoms with E-state index in [4.69, 9.17) is 0 Å². The van der Waals surface area contributed by atoms with Crippen molar-refractivity contribution in [1.29, 1.82) is 0 Å². The first-order valence-corrected chi connectivity index (χ1v) is 4.90. The third kappa shape index (κ3) is 1.63. The Hall–Kier alpha value is -0.330. The van der Waals surface area contributed by atoms with Gasteiger partial charge in [0, 0.05) is 12.3 Å². The molecule has 0 spiro atoms. The molecule has 2 rings (SSSR count). The molecule has 2 aliphatic carbocycles. The second kappa shape index (κ2) is 2.96. The second-order valence-electron chi connectivity index (χ2n) is 4.01. The van der Waals surface area contributed by atoms with Crippen LogP contribution in [0.25, 0.3) is 0 Å². The van der Waals surface area contributed by atoms with Crippen LogP contribution in [0.5, 0.6) is 0 Å². The second-order valence-corrected chi connectivity index (χ2v) is 4.01. The summed E-state index contributed by atoms with van der Waals surface area (Å²) in [7, 11) is 0. The molecule has 2 fully saturated rings. The average Bonchev–Trinajstić information content (AvgIpc) is 2.74. The van der Waals surface area contributed by atoms with Gasteiger partial charge in [-0.05, 0) is 31.6 Å². The number of carbonyl (C=O) groups is 1. The molecule has 0 amide bonds. The van der Waals surface area contributed by atoms with E-state index in [2.05, 4.69) is 0 Å². The van der Waals surface area contributed by atoms with Gasteiger partial charge in [-0.1, -0.05) is 12.8 Å². The summed E-state index contributed by atoms with van der Waals surface area (Å²) in [6, 6.07) is 0. The molecule has 0 saturated heterocycles. The Morgan fingerprint density at radius 3 is 2.55 bits per heavy atom. The Morgan fingerprint density at radius 1 is 1.00 bits per heavy atom. The van der Waals surface area contributed by atoms with Gasteiger partial charge in [0.05, 0.1) is 0 Å². The predicted octanol–water partition coefficient (Wildman–Crippen LogP) is 2.55. The van der Waals surface area contributed by atoms with Gasteiger partial charge in [0.2, 0.25) is 0 Å². The summed E-state index contributed by atoms with van der Waals surface area (Å²) in [5.74, 6) is 1.86. The summed E-state index contributed by atoms with van der Waals surface area (Å²) >= 11 is 0. The maximum atomic E-state index is 11.5. The van der Waals surface area contributed by atoms with Crippen molar-refractivity contribution >= 4 is 5.78 Å². The molecule has 1 unspecified atom stereocenters. The van der Waals surface area contributed by atoms with Crippen LogP contribution in [-0.2, 0) is 4.79 Å². The van der Waals surface area contributed by atoms with Crippen molar-refractivity contribution in [2.75, 3.05) is 0 Å². The minimum atomic E-state index is 0.484. The number of carbonyl (C=O) groups excluding carboxylic acids is 1. The molecule has 1 atom stereocenters. The topological polar surface area (TPSA) is 17.1 Å². The van der Waals surface area contributed by atoms with Crippen LogP contribution >= 0.6 is 0 Å². The molecule has 2 aliphatic rings. The number of Topliss-reactive ketones (excluding diaryl/α,β-unsaturated/α-hetero) is 1. The highest BCUT2D eigenvalue weighted by atomic mass is 16.1. The Labute approximate surface area is 68.2 Å². The predicted molar refractivity (Wildman–Crippen MR) is 44.3 cm³/mol. The zero-order chi connectivity index (χ0) is 7.68. The number of hydrogen-bond acceptors (Lipinski definition) is 1. The van der Waals surface area contributed by atoms with Crippen LogP contribution in [0.4, 0.5) is 0 Å². The minimum absolute atomic E-state index is 0.484. The fourth-order valence-corrected chi connectivity index (χ4v) is 2.18. The third-order valence-electron chi connectivity index (χ3n) is 3.04.